The number of rotatable bonds is 5. The van der Waals surface area contributed by atoms with Crippen molar-refractivity contribution < 1.29 is 14.6 Å². The summed E-state index contributed by atoms with van der Waals surface area (Å²) in [5, 5.41) is 8.73. The molecule has 0 aromatic carbocycles. The van der Waals surface area contributed by atoms with Crippen molar-refractivity contribution in [3.63, 3.8) is 0 Å². The maximum atomic E-state index is 10.7. The monoisotopic (exact) mass is 277 g/mol. The van der Waals surface area contributed by atoms with Gasteiger partial charge in [0.05, 0.1) is 0 Å². The highest BCUT2D eigenvalue weighted by Gasteiger charge is 2.22. The Balaban J connectivity index is 1.92. The van der Waals surface area contributed by atoms with Gasteiger partial charge in [-0.05, 0) is 37.2 Å². The van der Waals surface area contributed by atoms with Crippen LogP contribution >= 0.6 is 0 Å². The van der Waals surface area contributed by atoms with Crippen molar-refractivity contribution in [1.29, 1.82) is 0 Å². The van der Waals surface area contributed by atoms with E-state index in [4.69, 9.17) is 9.84 Å². The van der Waals surface area contributed by atoms with Crippen molar-refractivity contribution in [3.05, 3.63) is 23.9 Å². The minimum atomic E-state index is -1.29. The van der Waals surface area contributed by atoms with Crippen LogP contribution in [0.1, 0.15) is 51.0 Å². The largest absolute Gasteiger partial charge is 0.512 e. The van der Waals surface area contributed by atoms with Crippen LogP contribution < -0.4 is 4.74 Å². The highest BCUT2D eigenvalue weighted by Crippen LogP contribution is 2.34. The third-order valence-corrected chi connectivity index (χ3v) is 4.21. The number of pyridine rings is 1. The average molecular weight is 277 g/mol. The predicted octanol–water partition coefficient (Wildman–Crippen LogP) is 4.29. The Labute approximate surface area is 120 Å². The molecule has 1 fully saturated rings. The Morgan fingerprint density at radius 1 is 1.35 bits per heavy atom. The molecule has 0 radical (unpaired) electrons. The van der Waals surface area contributed by atoms with Gasteiger partial charge < -0.3 is 9.84 Å². The van der Waals surface area contributed by atoms with Gasteiger partial charge in [-0.3, -0.25) is 0 Å². The lowest BCUT2D eigenvalue weighted by atomic mass is 9.78. The smallest absolute Gasteiger partial charge is 0.449 e. The van der Waals surface area contributed by atoms with Gasteiger partial charge in [0.15, 0.2) is 0 Å². The van der Waals surface area contributed by atoms with Gasteiger partial charge in [0.2, 0.25) is 5.88 Å². The van der Waals surface area contributed by atoms with Gasteiger partial charge in [0.25, 0.3) is 0 Å². The van der Waals surface area contributed by atoms with Crippen LogP contribution in [0.4, 0.5) is 4.79 Å². The molecule has 20 heavy (non-hydrogen) atoms. The zero-order valence-electron chi connectivity index (χ0n) is 12.0. The number of aromatic nitrogens is 1. The highest BCUT2D eigenvalue weighted by molar-refractivity contribution is 5.60. The first-order valence-corrected chi connectivity index (χ1v) is 7.53. The molecule has 110 valence electrons. The van der Waals surface area contributed by atoms with Crippen LogP contribution in [-0.2, 0) is 6.42 Å². The van der Waals surface area contributed by atoms with Crippen LogP contribution in [-0.4, -0.2) is 16.2 Å². The topological polar surface area (TPSA) is 59.4 Å². The summed E-state index contributed by atoms with van der Waals surface area (Å²) in [6.45, 7) is 2.25. The van der Waals surface area contributed by atoms with Crippen molar-refractivity contribution in [2.24, 2.45) is 11.8 Å². The van der Waals surface area contributed by atoms with Crippen LogP contribution in [0.5, 0.6) is 5.88 Å². The Morgan fingerprint density at radius 3 is 2.70 bits per heavy atom. The van der Waals surface area contributed by atoms with Gasteiger partial charge in [-0.25, -0.2) is 9.78 Å². The highest BCUT2D eigenvalue weighted by atomic mass is 16.7. The molecule has 0 amide bonds. The van der Waals surface area contributed by atoms with Gasteiger partial charge in [-0.2, -0.15) is 0 Å². The average Bonchev–Trinajstić information content (AvgIpc) is 2.43. The lowest BCUT2D eigenvalue weighted by Crippen LogP contribution is -2.17. The normalized spacial score (nSPS) is 22.4. The molecule has 4 nitrogen and oxygen atoms in total. The Bertz CT molecular complexity index is 439. The molecule has 1 aliphatic rings. The van der Waals surface area contributed by atoms with Crippen molar-refractivity contribution in [1.82, 2.24) is 4.98 Å². The summed E-state index contributed by atoms with van der Waals surface area (Å²) in [7, 11) is 0. The maximum Gasteiger partial charge on any atom is 0.512 e. The second-order valence-electron chi connectivity index (χ2n) is 5.72. The van der Waals surface area contributed by atoms with E-state index >= 15 is 0 Å². The van der Waals surface area contributed by atoms with E-state index in [0.717, 1.165) is 17.9 Å². The molecule has 1 aromatic heterocycles. The molecule has 1 aromatic rings. The van der Waals surface area contributed by atoms with E-state index in [9.17, 15) is 4.79 Å². The van der Waals surface area contributed by atoms with Crippen molar-refractivity contribution >= 4 is 6.16 Å². The lowest BCUT2D eigenvalue weighted by molar-refractivity contribution is 0.141. The van der Waals surface area contributed by atoms with Crippen molar-refractivity contribution in [2.75, 3.05) is 0 Å². The predicted molar refractivity (Wildman–Crippen MR) is 76.9 cm³/mol. The zero-order chi connectivity index (χ0) is 14.4. The molecule has 0 bridgehead atoms. The van der Waals surface area contributed by atoms with E-state index in [1.54, 1.807) is 6.20 Å². The molecule has 0 aliphatic heterocycles. The van der Waals surface area contributed by atoms with E-state index in [1.807, 2.05) is 12.1 Å². The van der Waals surface area contributed by atoms with Crippen LogP contribution in [0, 0.1) is 11.8 Å². The third kappa shape index (κ3) is 4.22. The van der Waals surface area contributed by atoms with Crippen LogP contribution in [0.15, 0.2) is 18.3 Å². The minimum absolute atomic E-state index is 0.246. The van der Waals surface area contributed by atoms with Crippen LogP contribution in [0.25, 0.3) is 0 Å². The second kappa shape index (κ2) is 7.27. The molecule has 1 saturated carbocycles. The van der Waals surface area contributed by atoms with Crippen LogP contribution in [0.3, 0.4) is 0 Å². The lowest BCUT2D eigenvalue weighted by Gasteiger charge is -2.28. The fourth-order valence-electron chi connectivity index (χ4n) is 3.20. The molecule has 2 rings (SSSR count). The van der Waals surface area contributed by atoms with Gasteiger partial charge in [0.1, 0.15) is 0 Å². The van der Waals surface area contributed by atoms with Gasteiger partial charge in [-0.1, -0.05) is 38.7 Å². The van der Waals surface area contributed by atoms with Crippen molar-refractivity contribution in [3.8, 4) is 5.88 Å². The minimum Gasteiger partial charge on any atom is -0.449 e. The molecule has 1 N–H and O–H groups in total. The Hall–Kier alpha value is -1.58. The van der Waals surface area contributed by atoms with Gasteiger partial charge in [-0.15, -0.1) is 0 Å². The van der Waals surface area contributed by atoms with Crippen LogP contribution in [0.2, 0.25) is 0 Å². The molecule has 1 aliphatic carbocycles. The molecule has 0 atom stereocenters. The number of carbonyl (C=O) groups is 1. The number of hydrogen-bond donors (Lipinski definition) is 1. The molecule has 0 saturated heterocycles. The first-order valence-electron chi connectivity index (χ1n) is 7.53. The van der Waals surface area contributed by atoms with E-state index in [1.165, 1.54) is 38.5 Å². The maximum absolute atomic E-state index is 10.7. The summed E-state index contributed by atoms with van der Waals surface area (Å²) in [5.41, 5.74) is 0.911. The first kappa shape index (κ1) is 14.8. The summed E-state index contributed by atoms with van der Waals surface area (Å²) in [6.07, 6.45) is 8.81. The molecule has 1 heterocycles. The number of hydrogen-bond acceptors (Lipinski definition) is 3. The SMILES string of the molecule is CCCC1CCC(Cc2cccnc2OC(=O)O)CC1. The Morgan fingerprint density at radius 2 is 2.05 bits per heavy atom. The van der Waals surface area contributed by atoms with Gasteiger partial charge >= 0.3 is 6.16 Å². The second-order valence-corrected chi connectivity index (χ2v) is 5.72. The molecular weight excluding hydrogens is 254 g/mol. The molecule has 4 heteroatoms. The third-order valence-electron chi connectivity index (χ3n) is 4.21. The number of carboxylic acid groups (broad SMARTS) is 1. The standard InChI is InChI=1S/C16H23NO3/c1-2-4-12-6-8-13(9-7-12)11-14-5-3-10-17-15(14)20-16(18)19/h3,5,10,12-13H,2,4,6-9,11H2,1H3,(H,18,19). The fourth-order valence-corrected chi connectivity index (χ4v) is 3.20. The molecular formula is C16H23NO3. The summed E-state index contributed by atoms with van der Waals surface area (Å²) in [5.74, 6) is 1.76. The fraction of sp³-hybridized carbons (Fsp3) is 0.625. The summed E-state index contributed by atoms with van der Waals surface area (Å²) >= 11 is 0. The van der Waals surface area contributed by atoms with E-state index in [0.29, 0.717) is 5.92 Å². The van der Waals surface area contributed by atoms with E-state index in [2.05, 4.69) is 11.9 Å². The summed E-state index contributed by atoms with van der Waals surface area (Å²) in [6, 6.07) is 3.76. The number of nitrogens with zero attached hydrogens (tertiary/aromatic N) is 1. The molecule has 0 unspecified atom stereocenters. The van der Waals surface area contributed by atoms with Crippen molar-refractivity contribution in [2.45, 2.75) is 51.9 Å². The number of ether oxygens (including phenoxy) is 1. The first-order chi connectivity index (χ1) is 9.69. The molecule has 0 spiro atoms. The Kier molecular flexibility index (Phi) is 5.39. The summed E-state index contributed by atoms with van der Waals surface area (Å²) in [4.78, 5) is 14.7. The zero-order valence-corrected chi connectivity index (χ0v) is 12.0. The van der Waals surface area contributed by atoms with Gasteiger partial charge in [0, 0.05) is 11.8 Å². The van der Waals surface area contributed by atoms with E-state index < -0.39 is 6.16 Å². The summed E-state index contributed by atoms with van der Waals surface area (Å²) < 4.78 is 4.75. The quantitative estimate of drug-likeness (QED) is 0.816. The van der Waals surface area contributed by atoms with E-state index in [-0.39, 0.29) is 5.88 Å².